The Morgan fingerprint density at radius 3 is 1.88 bits per heavy atom. The third kappa shape index (κ3) is 27.3. The highest BCUT2D eigenvalue weighted by molar-refractivity contribution is 7.47. The third-order valence-electron chi connectivity index (χ3n) is 10.3. The lowest BCUT2D eigenvalue weighted by Crippen LogP contribution is -2.34. The number of esters is 2. The molecular weight excluding hydrogens is 757 g/mol. The Morgan fingerprint density at radius 2 is 1.30 bits per heavy atom. The molecule has 0 aromatic carbocycles. The molecule has 7 N–H and O–H groups in total. The zero-order valence-corrected chi connectivity index (χ0v) is 35.7. The van der Waals surface area contributed by atoms with E-state index in [0.29, 0.717) is 19.3 Å². The minimum atomic E-state index is -4.79. The van der Waals surface area contributed by atoms with Crippen molar-refractivity contribution in [3.8, 4) is 0 Å². The van der Waals surface area contributed by atoms with Crippen molar-refractivity contribution in [1.29, 1.82) is 0 Å². The van der Waals surface area contributed by atoms with E-state index in [9.17, 15) is 39.2 Å². The summed E-state index contributed by atoms with van der Waals surface area (Å²) in [7, 11) is -4.79. The van der Waals surface area contributed by atoms with Crippen molar-refractivity contribution in [2.24, 2.45) is 17.6 Å². The largest absolute Gasteiger partial charge is 0.480 e. The molecule has 14 nitrogen and oxygen atoms in total. The number of aliphatic carboxylic acids is 1. The molecule has 0 aromatic heterocycles. The van der Waals surface area contributed by atoms with Gasteiger partial charge in [0.05, 0.1) is 37.9 Å². The SMILES string of the molecule is CCCCCCCCCCCCCCCCCC(=O)O[C@H](COC(=O)C/C=C\C[C@H]1[C@@H](/C=C/[C@H](O)CCCCC)[C@H](O)C[C@@H]1O)COP(=O)(O)OC[C@H](N)C(=O)O. The maximum absolute atomic E-state index is 12.7. The summed E-state index contributed by atoms with van der Waals surface area (Å²) in [6.45, 7) is 2.37. The zero-order valence-electron chi connectivity index (χ0n) is 34.8. The molecular formula is C42H76NO13P. The lowest BCUT2D eigenvalue weighted by Gasteiger charge is -2.20. The van der Waals surface area contributed by atoms with Crippen LogP contribution in [0.5, 0.6) is 0 Å². The molecule has 1 aliphatic rings. The Hall–Kier alpha value is -2.16. The van der Waals surface area contributed by atoms with E-state index < -0.39 is 76.0 Å². The zero-order chi connectivity index (χ0) is 42.3. The first-order valence-electron chi connectivity index (χ1n) is 21.6. The van der Waals surface area contributed by atoms with Gasteiger partial charge in [-0.25, -0.2) is 4.57 Å². The number of ether oxygens (including phenoxy) is 2. The molecule has 0 spiro atoms. The monoisotopic (exact) mass is 834 g/mol. The summed E-state index contributed by atoms with van der Waals surface area (Å²) in [4.78, 5) is 46.2. The first kappa shape index (κ1) is 52.9. The number of phosphoric acid groups is 1. The van der Waals surface area contributed by atoms with Crippen LogP contribution in [-0.4, -0.2) is 93.5 Å². The summed E-state index contributed by atoms with van der Waals surface area (Å²) in [5, 5.41) is 40.2. The molecule has 1 fully saturated rings. The van der Waals surface area contributed by atoms with Gasteiger partial charge in [-0.15, -0.1) is 0 Å². The molecule has 0 saturated heterocycles. The highest BCUT2D eigenvalue weighted by Gasteiger charge is 2.39. The third-order valence-corrected chi connectivity index (χ3v) is 11.3. The minimum Gasteiger partial charge on any atom is -0.480 e. The van der Waals surface area contributed by atoms with Crippen molar-refractivity contribution >= 4 is 25.7 Å². The number of aliphatic hydroxyl groups excluding tert-OH is 3. The Morgan fingerprint density at radius 1 is 0.754 bits per heavy atom. The van der Waals surface area contributed by atoms with Crippen LogP contribution in [0.2, 0.25) is 0 Å². The van der Waals surface area contributed by atoms with Gasteiger partial charge in [-0.1, -0.05) is 147 Å². The predicted octanol–water partition coefficient (Wildman–Crippen LogP) is 7.44. The van der Waals surface area contributed by atoms with Crippen LogP contribution in [0.25, 0.3) is 0 Å². The fourth-order valence-corrected chi connectivity index (χ4v) is 7.58. The van der Waals surface area contributed by atoms with Crippen molar-refractivity contribution < 1.29 is 62.8 Å². The van der Waals surface area contributed by atoms with Crippen molar-refractivity contribution in [2.45, 2.75) is 192 Å². The van der Waals surface area contributed by atoms with Gasteiger partial charge >= 0.3 is 25.7 Å². The van der Waals surface area contributed by atoms with Gasteiger partial charge in [0.25, 0.3) is 0 Å². The fourth-order valence-electron chi connectivity index (χ4n) is 6.80. The molecule has 57 heavy (non-hydrogen) atoms. The first-order chi connectivity index (χ1) is 27.3. The van der Waals surface area contributed by atoms with Gasteiger partial charge in [-0.3, -0.25) is 23.4 Å². The van der Waals surface area contributed by atoms with Crippen molar-refractivity contribution in [3.05, 3.63) is 24.3 Å². The van der Waals surface area contributed by atoms with Gasteiger partial charge in [0.15, 0.2) is 6.10 Å². The molecule has 0 radical (unpaired) electrons. The van der Waals surface area contributed by atoms with E-state index in [0.717, 1.165) is 44.9 Å². The normalized spacial score (nSPS) is 21.1. The van der Waals surface area contributed by atoms with Gasteiger partial charge in [0.1, 0.15) is 12.6 Å². The topological polar surface area (TPSA) is 232 Å². The number of hydrogen-bond acceptors (Lipinski definition) is 12. The predicted molar refractivity (Wildman–Crippen MR) is 219 cm³/mol. The molecule has 0 amide bonds. The second-order valence-electron chi connectivity index (χ2n) is 15.5. The smallest absolute Gasteiger partial charge is 0.472 e. The van der Waals surface area contributed by atoms with E-state index >= 15 is 0 Å². The van der Waals surface area contributed by atoms with Crippen molar-refractivity contribution in [3.63, 3.8) is 0 Å². The number of nitrogens with two attached hydrogens (primary N) is 1. The molecule has 1 saturated carbocycles. The van der Waals surface area contributed by atoms with Crippen LogP contribution in [0.15, 0.2) is 24.3 Å². The summed E-state index contributed by atoms with van der Waals surface area (Å²) in [5.41, 5.74) is 5.32. The quantitative estimate of drug-likeness (QED) is 0.0156. The highest BCUT2D eigenvalue weighted by Crippen LogP contribution is 2.43. The second-order valence-corrected chi connectivity index (χ2v) is 16.9. The molecule has 0 aliphatic heterocycles. The van der Waals surface area contributed by atoms with Crippen molar-refractivity contribution in [2.75, 3.05) is 19.8 Å². The lowest BCUT2D eigenvalue weighted by atomic mass is 9.89. The summed E-state index contributed by atoms with van der Waals surface area (Å²) in [5.74, 6) is -3.37. The van der Waals surface area contributed by atoms with Crippen LogP contribution in [0.1, 0.15) is 162 Å². The second kappa shape index (κ2) is 32.7. The average Bonchev–Trinajstić information content (AvgIpc) is 3.44. The fraction of sp³-hybridized carbons (Fsp3) is 0.833. The number of phosphoric ester groups is 1. The number of unbranched alkanes of at least 4 members (excludes halogenated alkanes) is 16. The van der Waals surface area contributed by atoms with E-state index in [-0.39, 0.29) is 31.1 Å². The number of rotatable bonds is 36. The van der Waals surface area contributed by atoms with E-state index in [2.05, 4.69) is 18.4 Å². The molecule has 0 aromatic rings. The van der Waals surface area contributed by atoms with Gasteiger partial charge in [-0.05, 0) is 25.2 Å². The number of carboxylic acid groups (broad SMARTS) is 1. The summed E-state index contributed by atoms with van der Waals surface area (Å²) < 4.78 is 32.6. The van der Waals surface area contributed by atoms with Gasteiger partial charge in [0.2, 0.25) is 0 Å². The molecule has 1 aliphatic carbocycles. The number of aliphatic hydroxyl groups is 3. The van der Waals surface area contributed by atoms with Gasteiger partial charge in [0, 0.05) is 18.8 Å². The highest BCUT2D eigenvalue weighted by atomic mass is 31.2. The van der Waals surface area contributed by atoms with E-state index in [1.165, 1.54) is 64.2 Å². The van der Waals surface area contributed by atoms with Crippen LogP contribution in [-0.2, 0) is 37.5 Å². The maximum Gasteiger partial charge on any atom is 0.472 e. The standard InChI is InChI=1S/C42H76NO13P/c1-3-5-7-8-9-10-11-12-13-14-15-16-17-18-20-26-41(48)56-34(31-54-57(51,52)55-32-37(43)42(49)50)30-53-40(47)25-22-21-24-35-36(39(46)29-38(35)45)28-27-33(44)23-19-6-4-2/h21-22,27-28,33-39,44-46H,3-20,23-26,29-32,43H2,1-2H3,(H,49,50)(H,51,52)/b22-21-,28-27+/t33-,34-,35+,36-,37+,38+,39-/m1/s1. The van der Waals surface area contributed by atoms with Crippen LogP contribution in [0.3, 0.4) is 0 Å². The van der Waals surface area contributed by atoms with E-state index in [1.54, 1.807) is 24.3 Å². The molecule has 1 rings (SSSR count). The van der Waals surface area contributed by atoms with Crippen LogP contribution < -0.4 is 5.73 Å². The Kier molecular flexibility index (Phi) is 30.3. The summed E-state index contributed by atoms with van der Waals surface area (Å²) in [6, 6.07) is -1.57. The van der Waals surface area contributed by atoms with Crippen LogP contribution >= 0.6 is 7.82 Å². The van der Waals surface area contributed by atoms with Gasteiger partial charge in [-0.2, -0.15) is 0 Å². The van der Waals surface area contributed by atoms with Crippen LogP contribution in [0.4, 0.5) is 0 Å². The molecule has 332 valence electrons. The molecule has 0 bridgehead atoms. The number of carbonyl (C=O) groups is 3. The Balaban J connectivity index is 2.55. The van der Waals surface area contributed by atoms with Crippen LogP contribution in [0, 0.1) is 11.8 Å². The molecule has 8 atom stereocenters. The minimum absolute atomic E-state index is 0.0991. The van der Waals surface area contributed by atoms with Gasteiger partial charge < -0.3 is 40.5 Å². The molecule has 1 unspecified atom stereocenters. The lowest BCUT2D eigenvalue weighted by molar-refractivity contribution is -0.160. The van der Waals surface area contributed by atoms with Crippen molar-refractivity contribution in [1.82, 2.24) is 0 Å². The Bertz CT molecular complexity index is 1180. The number of carbonyl (C=O) groups excluding carboxylic acids is 2. The average molecular weight is 834 g/mol. The number of allylic oxidation sites excluding steroid dienone is 1. The molecule has 15 heteroatoms. The first-order valence-corrected chi connectivity index (χ1v) is 23.1. The molecule has 0 heterocycles. The Labute approximate surface area is 341 Å². The number of carboxylic acids is 1. The van der Waals surface area contributed by atoms with E-state index in [4.69, 9.17) is 24.8 Å². The summed E-state index contributed by atoms with van der Waals surface area (Å²) >= 11 is 0. The number of hydrogen-bond donors (Lipinski definition) is 6. The van der Waals surface area contributed by atoms with E-state index in [1.807, 2.05) is 0 Å². The summed E-state index contributed by atoms with van der Waals surface area (Å²) in [6.07, 6.45) is 25.2. The maximum atomic E-state index is 12.7.